The molecule has 0 aliphatic carbocycles. The summed E-state index contributed by atoms with van der Waals surface area (Å²) < 4.78 is 10.1. The maximum Gasteiger partial charge on any atom is 0.192 e. The number of ether oxygens (including phenoxy) is 1. The Kier molecular flexibility index (Phi) is 2.34. The summed E-state index contributed by atoms with van der Waals surface area (Å²) in [6, 6.07) is 3.75. The van der Waals surface area contributed by atoms with Crippen LogP contribution in [0.25, 0.3) is 0 Å². The van der Waals surface area contributed by atoms with E-state index in [1.54, 1.807) is 7.11 Å². The van der Waals surface area contributed by atoms with Crippen LogP contribution in [0.1, 0.15) is 5.76 Å². The SMILES string of the molecule is CNc1ccc(COC)o1. The molecule has 0 saturated heterocycles. The molecule has 0 unspecified atom stereocenters. The molecule has 1 rings (SSSR count). The summed E-state index contributed by atoms with van der Waals surface area (Å²) in [6.07, 6.45) is 0. The highest BCUT2D eigenvalue weighted by Crippen LogP contribution is 2.12. The largest absolute Gasteiger partial charge is 0.443 e. The number of hydrogen-bond donors (Lipinski definition) is 1. The third kappa shape index (κ3) is 1.51. The molecule has 3 nitrogen and oxygen atoms in total. The molecule has 0 fully saturated rings. The topological polar surface area (TPSA) is 34.4 Å². The Morgan fingerprint density at radius 1 is 1.60 bits per heavy atom. The lowest BCUT2D eigenvalue weighted by molar-refractivity contribution is 0.165. The maximum atomic E-state index is 5.24. The monoisotopic (exact) mass is 141 g/mol. The standard InChI is InChI=1S/C7H11NO2/c1-8-7-4-3-6(10-7)5-9-2/h3-4,8H,5H2,1-2H3. The van der Waals surface area contributed by atoms with Crippen LogP contribution in [0.3, 0.4) is 0 Å². The molecule has 56 valence electrons. The van der Waals surface area contributed by atoms with E-state index in [0.717, 1.165) is 11.6 Å². The number of furan rings is 1. The highest BCUT2D eigenvalue weighted by molar-refractivity contribution is 5.30. The minimum Gasteiger partial charge on any atom is -0.443 e. The van der Waals surface area contributed by atoms with Crippen molar-refractivity contribution < 1.29 is 9.15 Å². The summed E-state index contributed by atoms with van der Waals surface area (Å²) in [5.41, 5.74) is 0. The van der Waals surface area contributed by atoms with E-state index in [2.05, 4.69) is 5.32 Å². The van der Waals surface area contributed by atoms with Gasteiger partial charge in [-0.1, -0.05) is 0 Å². The first-order valence-electron chi connectivity index (χ1n) is 3.12. The molecule has 0 aliphatic heterocycles. The van der Waals surface area contributed by atoms with Crippen molar-refractivity contribution in [3.05, 3.63) is 17.9 Å². The van der Waals surface area contributed by atoms with Crippen molar-refractivity contribution in [2.24, 2.45) is 0 Å². The minimum atomic E-state index is 0.529. The van der Waals surface area contributed by atoms with E-state index in [4.69, 9.17) is 9.15 Å². The molecule has 0 amide bonds. The van der Waals surface area contributed by atoms with Crippen LogP contribution in [0.2, 0.25) is 0 Å². The number of anilines is 1. The Bertz CT molecular complexity index is 195. The lowest BCUT2D eigenvalue weighted by atomic mass is 10.5. The van der Waals surface area contributed by atoms with Crippen LogP contribution in [0.15, 0.2) is 16.5 Å². The minimum absolute atomic E-state index is 0.529. The average Bonchev–Trinajstić information content (AvgIpc) is 2.37. The Labute approximate surface area is 60.0 Å². The molecule has 0 atom stereocenters. The molecule has 0 bridgehead atoms. The molecule has 1 N–H and O–H groups in total. The zero-order chi connectivity index (χ0) is 7.40. The fourth-order valence-electron chi connectivity index (χ4n) is 0.732. The third-order valence-corrected chi connectivity index (χ3v) is 1.19. The van der Waals surface area contributed by atoms with Crippen LogP contribution in [0.4, 0.5) is 5.88 Å². The van der Waals surface area contributed by atoms with Gasteiger partial charge in [0.1, 0.15) is 12.4 Å². The van der Waals surface area contributed by atoms with Gasteiger partial charge < -0.3 is 14.5 Å². The fourth-order valence-corrected chi connectivity index (χ4v) is 0.732. The first-order chi connectivity index (χ1) is 4.86. The maximum absolute atomic E-state index is 5.24. The van der Waals surface area contributed by atoms with Gasteiger partial charge in [-0.05, 0) is 6.07 Å². The van der Waals surface area contributed by atoms with Crippen molar-refractivity contribution in [3.63, 3.8) is 0 Å². The molecule has 0 aromatic carbocycles. The molecular weight excluding hydrogens is 130 g/mol. The smallest absolute Gasteiger partial charge is 0.192 e. The summed E-state index contributed by atoms with van der Waals surface area (Å²) >= 11 is 0. The summed E-state index contributed by atoms with van der Waals surface area (Å²) in [5, 5.41) is 2.88. The Hall–Kier alpha value is -0.960. The average molecular weight is 141 g/mol. The van der Waals surface area contributed by atoms with E-state index in [1.165, 1.54) is 0 Å². The van der Waals surface area contributed by atoms with E-state index in [9.17, 15) is 0 Å². The molecule has 0 radical (unpaired) electrons. The van der Waals surface area contributed by atoms with Gasteiger partial charge in [0.15, 0.2) is 5.88 Å². The van der Waals surface area contributed by atoms with E-state index >= 15 is 0 Å². The fraction of sp³-hybridized carbons (Fsp3) is 0.429. The van der Waals surface area contributed by atoms with E-state index in [-0.39, 0.29) is 0 Å². The predicted molar refractivity (Wildman–Crippen MR) is 39.0 cm³/mol. The van der Waals surface area contributed by atoms with Gasteiger partial charge in [0, 0.05) is 20.2 Å². The quantitative estimate of drug-likeness (QED) is 0.692. The second kappa shape index (κ2) is 3.27. The zero-order valence-corrected chi connectivity index (χ0v) is 6.18. The van der Waals surface area contributed by atoms with E-state index < -0.39 is 0 Å². The first-order valence-corrected chi connectivity index (χ1v) is 3.12. The van der Waals surface area contributed by atoms with Crippen molar-refractivity contribution in [1.29, 1.82) is 0 Å². The first kappa shape index (κ1) is 7.15. The lowest BCUT2D eigenvalue weighted by Crippen LogP contribution is -1.84. The zero-order valence-electron chi connectivity index (χ0n) is 6.18. The highest BCUT2D eigenvalue weighted by atomic mass is 16.5. The van der Waals surface area contributed by atoms with Gasteiger partial charge in [-0.2, -0.15) is 0 Å². The van der Waals surface area contributed by atoms with Crippen molar-refractivity contribution in [2.75, 3.05) is 19.5 Å². The van der Waals surface area contributed by atoms with Crippen LogP contribution in [-0.4, -0.2) is 14.2 Å². The van der Waals surface area contributed by atoms with Gasteiger partial charge in [-0.15, -0.1) is 0 Å². The van der Waals surface area contributed by atoms with Crippen LogP contribution >= 0.6 is 0 Å². The predicted octanol–water partition coefficient (Wildman–Crippen LogP) is 1.47. The highest BCUT2D eigenvalue weighted by Gasteiger charge is 1.97. The summed E-state index contributed by atoms with van der Waals surface area (Å²) in [6.45, 7) is 0.529. The molecule has 0 spiro atoms. The molecule has 1 aromatic heterocycles. The molecule has 0 aliphatic rings. The van der Waals surface area contributed by atoms with Crippen molar-refractivity contribution >= 4 is 5.88 Å². The second-order valence-corrected chi connectivity index (χ2v) is 1.95. The summed E-state index contributed by atoms with van der Waals surface area (Å²) in [7, 11) is 3.46. The molecule has 10 heavy (non-hydrogen) atoms. The van der Waals surface area contributed by atoms with Gasteiger partial charge in [-0.3, -0.25) is 0 Å². The Morgan fingerprint density at radius 3 is 2.90 bits per heavy atom. The van der Waals surface area contributed by atoms with Gasteiger partial charge in [0.2, 0.25) is 0 Å². The molecule has 0 saturated carbocycles. The molecule has 3 heteroatoms. The van der Waals surface area contributed by atoms with Gasteiger partial charge in [0.25, 0.3) is 0 Å². The van der Waals surface area contributed by atoms with Crippen LogP contribution in [-0.2, 0) is 11.3 Å². The van der Waals surface area contributed by atoms with E-state index in [0.29, 0.717) is 6.61 Å². The van der Waals surface area contributed by atoms with Gasteiger partial charge in [-0.25, -0.2) is 0 Å². The number of rotatable bonds is 3. The molecule has 1 aromatic rings. The third-order valence-electron chi connectivity index (χ3n) is 1.19. The number of hydrogen-bond acceptors (Lipinski definition) is 3. The normalized spacial score (nSPS) is 9.80. The van der Waals surface area contributed by atoms with Gasteiger partial charge >= 0.3 is 0 Å². The van der Waals surface area contributed by atoms with Crippen LogP contribution < -0.4 is 5.32 Å². The summed E-state index contributed by atoms with van der Waals surface area (Å²) in [5.74, 6) is 1.61. The lowest BCUT2D eigenvalue weighted by Gasteiger charge is -1.93. The van der Waals surface area contributed by atoms with Crippen molar-refractivity contribution in [1.82, 2.24) is 0 Å². The molecular formula is C7H11NO2. The Balaban J connectivity index is 2.59. The van der Waals surface area contributed by atoms with Gasteiger partial charge in [0.05, 0.1) is 0 Å². The molecule has 1 heterocycles. The second-order valence-electron chi connectivity index (χ2n) is 1.95. The van der Waals surface area contributed by atoms with Crippen LogP contribution in [0.5, 0.6) is 0 Å². The number of methoxy groups -OCH3 is 1. The van der Waals surface area contributed by atoms with Crippen molar-refractivity contribution in [3.8, 4) is 0 Å². The van der Waals surface area contributed by atoms with Crippen LogP contribution in [0, 0.1) is 0 Å². The number of nitrogens with one attached hydrogen (secondary N) is 1. The van der Waals surface area contributed by atoms with E-state index in [1.807, 2.05) is 19.2 Å². The van der Waals surface area contributed by atoms with Crippen molar-refractivity contribution in [2.45, 2.75) is 6.61 Å². The summed E-state index contributed by atoms with van der Waals surface area (Å²) in [4.78, 5) is 0. The Morgan fingerprint density at radius 2 is 2.40 bits per heavy atom.